The van der Waals surface area contributed by atoms with Gasteiger partial charge in [0.05, 0.1) is 22.1 Å². The summed E-state index contributed by atoms with van der Waals surface area (Å²) < 4.78 is 0. The van der Waals surface area contributed by atoms with E-state index in [2.05, 4.69) is 170 Å². The molecule has 56 heavy (non-hydrogen) atoms. The summed E-state index contributed by atoms with van der Waals surface area (Å²) in [5, 5.41) is 11.2. The van der Waals surface area contributed by atoms with Gasteiger partial charge in [0.25, 0.3) is 0 Å². The van der Waals surface area contributed by atoms with Gasteiger partial charge < -0.3 is 0 Å². The number of fused-ring (bicyclic) bond motifs is 6. The van der Waals surface area contributed by atoms with Gasteiger partial charge in [0.15, 0.2) is 0 Å². The van der Waals surface area contributed by atoms with Crippen molar-refractivity contribution in [3.05, 3.63) is 227 Å². The van der Waals surface area contributed by atoms with Crippen molar-refractivity contribution >= 4 is 76.3 Å². The van der Waals surface area contributed by atoms with Crippen molar-refractivity contribution in [2.75, 3.05) is 0 Å². The Kier molecular flexibility index (Phi) is 7.46. The lowest BCUT2D eigenvalue weighted by atomic mass is 9.89. The number of benzene rings is 9. The van der Waals surface area contributed by atoms with Crippen LogP contribution < -0.4 is 10.4 Å². The molecular weight excluding hydrogens is 681 g/mol. The number of aromatic nitrogens is 4. The van der Waals surface area contributed by atoms with Gasteiger partial charge in [-0.15, -0.1) is 0 Å². The van der Waals surface area contributed by atoms with E-state index >= 15 is 0 Å². The van der Waals surface area contributed by atoms with Crippen LogP contribution in [0.5, 0.6) is 0 Å². The molecule has 9 aromatic carbocycles. The van der Waals surface area contributed by atoms with Gasteiger partial charge >= 0.3 is 0 Å². The van der Waals surface area contributed by atoms with Crippen LogP contribution in [-0.2, 0) is 0 Å². The summed E-state index contributed by atoms with van der Waals surface area (Å²) >= 11 is 0. The largest absolute Gasteiger partial charge is 0.252 e. The summed E-state index contributed by atoms with van der Waals surface area (Å²) in [5.41, 5.74) is 9.41. The van der Waals surface area contributed by atoms with Crippen LogP contribution >= 0.6 is 0 Å². The fraction of sp³-hybridized carbons (Fsp3) is 0. The van der Waals surface area contributed by atoms with E-state index in [1.807, 2.05) is 0 Å². The second-order valence-electron chi connectivity index (χ2n) is 14.3. The molecule has 0 radical (unpaired) electrons. The van der Waals surface area contributed by atoms with Crippen LogP contribution in [0.4, 0.5) is 0 Å². The van der Waals surface area contributed by atoms with Gasteiger partial charge in [-0.25, -0.2) is 0 Å². The minimum Gasteiger partial charge on any atom is -0.252 e. The normalized spacial score (nSPS) is 11.6. The molecule has 0 unspecified atom stereocenters. The molecule has 0 amide bonds. The lowest BCUT2D eigenvalue weighted by molar-refractivity contribution is 1.24. The first-order chi connectivity index (χ1) is 27.8. The van der Waals surface area contributed by atoms with Crippen molar-refractivity contribution < 1.29 is 0 Å². The highest BCUT2D eigenvalue weighted by Gasteiger charge is 2.20. The van der Waals surface area contributed by atoms with Crippen molar-refractivity contribution in [1.29, 1.82) is 0 Å². The molecule has 4 heteroatoms. The number of nitrogens with zero attached hydrogens (tertiary/aromatic N) is 4. The van der Waals surface area contributed by atoms with E-state index in [1.165, 1.54) is 21.5 Å². The molecule has 0 N–H and O–H groups in total. The Morgan fingerprint density at radius 2 is 0.482 bits per heavy atom. The summed E-state index contributed by atoms with van der Waals surface area (Å²) in [6.45, 7) is 0. The lowest BCUT2D eigenvalue weighted by Gasteiger charge is -2.16. The van der Waals surface area contributed by atoms with Crippen LogP contribution in [0.2, 0.25) is 0 Å². The zero-order valence-electron chi connectivity index (χ0n) is 30.3. The molecule has 0 spiro atoms. The highest BCUT2D eigenvalue weighted by molar-refractivity contribution is 6.04. The first kappa shape index (κ1) is 31.9. The van der Waals surface area contributed by atoms with Crippen molar-refractivity contribution in [2.24, 2.45) is 0 Å². The Balaban J connectivity index is 1.37. The van der Waals surface area contributed by atoms with Crippen molar-refractivity contribution in [3.8, 4) is 0 Å². The standard InChI is InChI=1S/C52H32N4/c1-5-13-37-29-41(21-17-33(37)9-1)45(42-22-18-34-10-2-6-14-38(34)30-42)47-49-51(55-27-25-53-49)48(52-50(47)54-26-28-56-52)46(43-23-19-35-11-3-7-15-39(35)31-43)44-24-20-36-12-4-8-16-40(36)32-44/h1-32H. The van der Waals surface area contributed by atoms with Gasteiger partial charge in [0, 0.05) is 46.4 Å². The summed E-state index contributed by atoms with van der Waals surface area (Å²) in [6.07, 6.45) is 7.17. The van der Waals surface area contributed by atoms with E-state index in [4.69, 9.17) is 19.9 Å². The molecular formula is C52H32N4. The molecule has 11 aromatic rings. The summed E-state index contributed by atoms with van der Waals surface area (Å²) in [6, 6.07) is 60.8. The van der Waals surface area contributed by atoms with Crippen LogP contribution in [-0.4, -0.2) is 19.9 Å². The molecule has 0 aliphatic heterocycles. The summed E-state index contributed by atoms with van der Waals surface area (Å²) in [7, 11) is 0. The fourth-order valence-corrected chi connectivity index (χ4v) is 8.40. The van der Waals surface area contributed by atoms with Crippen LogP contribution in [0.15, 0.2) is 195 Å². The van der Waals surface area contributed by atoms with Gasteiger partial charge in [-0.3, -0.25) is 19.9 Å². The SMILES string of the molecule is c1ccc2cc(C(c3ccc4ccccc4c3)=c3c4nccnc4c(=C(c4ccc5ccccc5c4)c4ccc5ccccc5c4)c4nccnc34)ccc2c1. The van der Waals surface area contributed by atoms with E-state index in [0.717, 1.165) is 87.4 Å². The minimum atomic E-state index is 0.769. The van der Waals surface area contributed by atoms with Crippen LogP contribution in [0.1, 0.15) is 22.3 Å². The van der Waals surface area contributed by atoms with E-state index < -0.39 is 0 Å². The van der Waals surface area contributed by atoms with Gasteiger partial charge in [-0.2, -0.15) is 0 Å². The third-order valence-electron chi connectivity index (χ3n) is 11.0. The van der Waals surface area contributed by atoms with E-state index in [0.29, 0.717) is 0 Å². The van der Waals surface area contributed by atoms with Crippen LogP contribution in [0.3, 0.4) is 0 Å². The van der Waals surface area contributed by atoms with E-state index in [1.54, 1.807) is 24.8 Å². The molecule has 0 aliphatic rings. The van der Waals surface area contributed by atoms with Crippen molar-refractivity contribution in [1.82, 2.24) is 19.9 Å². The Morgan fingerprint density at radius 1 is 0.250 bits per heavy atom. The first-order valence-electron chi connectivity index (χ1n) is 18.9. The zero-order chi connectivity index (χ0) is 37.0. The Morgan fingerprint density at radius 3 is 0.732 bits per heavy atom. The molecule has 0 fully saturated rings. The summed E-state index contributed by atoms with van der Waals surface area (Å²) in [5.74, 6) is 0. The average molecular weight is 713 g/mol. The van der Waals surface area contributed by atoms with Gasteiger partial charge in [0.2, 0.25) is 0 Å². The second-order valence-corrected chi connectivity index (χ2v) is 14.3. The fourth-order valence-electron chi connectivity index (χ4n) is 8.40. The minimum absolute atomic E-state index is 0.769. The van der Waals surface area contributed by atoms with Crippen LogP contribution in [0.25, 0.3) is 76.3 Å². The molecule has 0 atom stereocenters. The third kappa shape index (κ3) is 5.31. The molecule has 2 aromatic heterocycles. The van der Waals surface area contributed by atoms with Crippen molar-refractivity contribution in [3.63, 3.8) is 0 Å². The Bertz CT molecular complexity index is 3040. The molecule has 2 heterocycles. The Hall–Kier alpha value is -7.56. The molecule has 260 valence electrons. The molecule has 0 bridgehead atoms. The van der Waals surface area contributed by atoms with Gasteiger partial charge in [0.1, 0.15) is 0 Å². The highest BCUT2D eigenvalue weighted by Crippen LogP contribution is 2.31. The monoisotopic (exact) mass is 712 g/mol. The molecule has 11 rings (SSSR count). The predicted octanol–water partition coefficient (Wildman–Crippen LogP) is 10.7. The molecule has 4 nitrogen and oxygen atoms in total. The number of rotatable bonds is 4. The third-order valence-corrected chi connectivity index (χ3v) is 11.0. The molecule has 0 saturated heterocycles. The topological polar surface area (TPSA) is 51.6 Å². The highest BCUT2D eigenvalue weighted by atomic mass is 14.8. The maximum atomic E-state index is 5.19. The van der Waals surface area contributed by atoms with Crippen molar-refractivity contribution in [2.45, 2.75) is 0 Å². The summed E-state index contributed by atoms with van der Waals surface area (Å²) in [4.78, 5) is 20.8. The quantitative estimate of drug-likeness (QED) is 0.171. The first-order valence-corrected chi connectivity index (χ1v) is 18.9. The molecule has 0 aliphatic carbocycles. The maximum Gasteiger partial charge on any atom is 0.0995 e. The number of hydrogen-bond acceptors (Lipinski definition) is 4. The zero-order valence-corrected chi connectivity index (χ0v) is 30.3. The van der Waals surface area contributed by atoms with Gasteiger partial charge in [-0.05, 0) is 89.6 Å². The Labute approximate surface area is 322 Å². The number of hydrogen-bond donors (Lipinski definition) is 0. The molecule has 0 saturated carbocycles. The maximum absolute atomic E-state index is 5.19. The van der Waals surface area contributed by atoms with Gasteiger partial charge in [-0.1, -0.05) is 146 Å². The van der Waals surface area contributed by atoms with E-state index in [-0.39, 0.29) is 0 Å². The van der Waals surface area contributed by atoms with E-state index in [9.17, 15) is 0 Å². The smallest absolute Gasteiger partial charge is 0.0995 e. The van der Waals surface area contributed by atoms with Crippen LogP contribution in [0, 0.1) is 0 Å². The second kappa shape index (κ2) is 13.1. The predicted molar refractivity (Wildman–Crippen MR) is 231 cm³/mol. The lowest BCUT2D eigenvalue weighted by Crippen LogP contribution is -2.24. The average Bonchev–Trinajstić information content (AvgIpc) is 3.27.